The highest BCUT2D eigenvalue weighted by atomic mass is 32.2. The van der Waals surface area contributed by atoms with E-state index in [4.69, 9.17) is 4.74 Å². The van der Waals surface area contributed by atoms with E-state index >= 15 is 0 Å². The zero-order chi connectivity index (χ0) is 21.7. The molecule has 0 bridgehead atoms. The predicted octanol–water partition coefficient (Wildman–Crippen LogP) is 3.31. The monoisotopic (exact) mass is 470 g/mol. The van der Waals surface area contributed by atoms with Crippen molar-refractivity contribution in [3.8, 4) is 0 Å². The van der Waals surface area contributed by atoms with E-state index < -0.39 is 16.1 Å². The highest BCUT2D eigenvalue weighted by Crippen LogP contribution is 2.29. The fraction of sp³-hybridized carbons (Fsp3) is 0.412. The number of imidazole rings is 1. The van der Waals surface area contributed by atoms with Gasteiger partial charge in [0.05, 0.1) is 28.3 Å². The molecule has 10 nitrogen and oxygen atoms in total. The van der Waals surface area contributed by atoms with Crippen molar-refractivity contribution in [1.82, 2.24) is 24.5 Å². The van der Waals surface area contributed by atoms with Crippen LogP contribution in [0.4, 0.5) is 9.93 Å². The molecule has 1 amide bonds. The molecule has 0 aliphatic heterocycles. The Bertz CT molecular complexity index is 1120. The molecule has 1 aromatic carbocycles. The minimum Gasteiger partial charge on any atom is -0.450 e. The summed E-state index contributed by atoms with van der Waals surface area (Å²) in [7, 11) is -3.53. The Labute approximate surface area is 182 Å². The fourth-order valence-electron chi connectivity index (χ4n) is 2.69. The van der Waals surface area contributed by atoms with Crippen molar-refractivity contribution in [3.05, 3.63) is 24.0 Å². The lowest BCUT2D eigenvalue weighted by Crippen LogP contribution is -2.30. The van der Waals surface area contributed by atoms with Crippen molar-refractivity contribution in [2.24, 2.45) is 0 Å². The predicted molar refractivity (Wildman–Crippen MR) is 116 cm³/mol. The molecule has 0 radical (unpaired) electrons. The lowest BCUT2D eigenvalue weighted by molar-refractivity contribution is 0.168. The van der Waals surface area contributed by atoms with E-state index in [2.05, 4.69) is 25.5 Å². The summed E-state index contributed by atoms with van der Waals surface area (Å²) >= 11 is 2.63. The second-order valence-electron chi connectivity index (χ2n) is 5.96. The average Bonchev–Trinajstić information content (AvgIpc) is 3.32. The van der Waals surface area contributed by atoms with Gasteiger partial charge >= 0.3 is 6.09 Å². The largest absolute Gasteiger partial charge is 0.450 e. The summed E-state index contributed by atoms with van der Waals surface area (Å²) in [5.74, 6) is 1.17. The third kappa shape index (κ3) is 5.09. The molecule has 3 rings (SSSR count). The molecule has 0 aliphatic carbocycles. The molecule has 2 heterocycles. The van der Waals surface area contributed by atoms with E-state index in [-0.39, 0.29) is 11.5 Å². The standard InChI is InChI=1S/C17H22N6O4S3/c1-4-23(5-2)30(25,26)11-7-8-12-13(9-11)19-14(18-12)10-28-17-22-21-15(29-17)20-16(24)27-6-3/h7-9H,4-6,10H2,1-3H3,(H,18,19)(H,20,21,24). The Balaban J connectivity index is 1.70. The van der Waals surface area contributed by atoms with Crippen molar-refractivity contribution in [2.75, 3.05) is 25.0 Å². The first-order chi connectivity index (χ1) is 14.4. The maximum absolute atomic E-state index is 12.7. The third-order valence-corrected chi connectivity index (χ3v) is 8.10. The number of amides is 1. The summed E-state index contributed by atoms with van der Waals surface area (Å²) in [5, 5.41) is 10.8. The number of fused-ring (bicyclic) bond motifs is 1. The molecule has 0 saturated carbocycles. The van der Waals surface area contributed by atoms with Gasteiger partial charge in [0.25, 0.3) is 0 Å². The highest BCUT2D eigenvalue weighted by Gasteiger charge is 2.22. The van der Waals surface area contributed by atoms with Gasteiger partial charge in [-0.1, -0.05) is 36.9 Å². The normalized spacial score (nSPS) is 11.9. The van der Waals surface area contributed by atoms with Crippen LogP contribution in [-0.2, 0) is 20.5 Å². The lowest BCUT2D eigenvalue weighted by Gasteiger charge is -2.18. The van der Waals surface area contributed by atoms with Gasteiger partial charge in [0, 0.05) is 13.1 Å². The van der Waals surface area contributed by atoms with Crippen LogP contribution < -0.4 is 5.32 Å². The lowest BCUT2D eigenvalue weighted by atomic mass is 10.3. The maximum atomic E-state index is 12.7. The number of sulfonamides is 1. The van der Waals surface area contributed by atoms with Gasteiger partial charge in [-0.3, -0.25) is 5.32 Å². The van der Waals surface area contributed by atoms with Crippen LogP contribution in [0.1, 0.15) is 26.6 Å². The van der Waals surface area contributed by atoms with Crippen LogP contribution in [0.2, 0.25) is 0 Å². The van der Waals surface area contributed by atoms with Gasteiger partial charge in [-0.2, -0.15) is 4.31 Å². The van der Waals surface area contributed by atoms with Crippen molar-refractivity contribution < 1.29 is 17.9 Å². The summed E-state index contributed by atoms with van der Waals surface area (Å²) in [5.41, 5.74) is 1.34. The second-order valence-corrected chi connectivity index (χ2v) is 10.1. The van der Waals surface area contributed by atoms with E-state index in [1.54, 1.807) is 25.1 Å². The molecule has 0 atom stereocenters. The minimum absolute atomic E-state index is 0.236. The van der Waals surface area contributed by atoms with E-state index in [0.717, 1.165) is 0 Å². The SMILES string of the molecule is CCOC(=O)Nc1nnc(SCc2nc3ccc(S(=O)(=O)N(CC)CC)cc3[nH]2)s1. The number of nitrogens with one attached hydrogen (secondary N) is 2. The number of H-pyrrole nitrogens is 1. The quantitative estimate of drug-likeness (QED) is 0.360. The Morgan fingerprint density at radius 3 is 2.73 bits per heavy atom. The number of hydrogen-bond donors (Lipinski definition) is 2. The molecular formula is C17H22N6O4S3. The van der Waals surface area contributed by atoms with Crippen LogP contribution in [0.25, 0.3) is 11.0 Å². The van der Waals surface area contributed by atoms with E-state index in [9.17, 15) is 13.2 Å². The van der Waals surface area contributed by atoms with E-state index in [0.29, 0.717) is 45.2 Å². The van der Waals surface area contributed by atoms with Gasteiger partial charge in [0.2, 0.25) is 15.2 Å². The number of thioether (sulfide) groups is 1. The summed E-state index contributed by atoms with van der Waals surface area (Å²) in [6.07, 6.45) is -0.571. The number of carbonyl (C=O) groups excluding carboxylic acids is 1. The van der Waals surface area contributed by atoms with Gasteiger partial charge in [-0.05, 0) is 25.1 Å². The molecule has 0 saturated heterocycles. The highest BCUT2D eigenvalue weighted by molar-refractivity contribution is 8.00. The van der Waals surface area contributed by atoms with Crippen LogP contribution in [-0.4, -0.2) is 58.7 Å². The van der Waals surface area contributed by atoms with Crippen LogP contribution in [0.3, 0.4) is 0 Å². The van der Waals surface area contributed by atoms with Crippen molar-refractivity contribution in [2.45, 2.75) is 35.8 Å². The van der Waals surface area contributed by atoms with Crippen LogP contribution in [0.5, 0.6) is 0 Å². The zero-order valence-corrected chi connectivity index (χ0v) is 19.2. The minimum atomic E-state index is -3.53. The van der Waals surface area contributed by atoms with Gasteiger partial charge in [0.15, 0.2) is 4.34 Å². The summed E-state index contributed by atoms with van der Waals surface area (Å²) in [6.45, 7) is 6.44. The Kier molecular flexibility index (Phi) is 7.28. The first-order valence-corrected chi connectivity index (χ1v) is 12.5. The number of rotatable bonds is 9. The Morgan fingerprint density at radius 2 is 2.03 bits per heavy atom. The number of carbonyl (C=O) groups is 1. The molecule has 2 aromatic heterocycles. The van der Waals surface area contributed by atoms with Gasteiger partial charge in [-0.15, -0.1) is 10.2 Å². The number of aromatic amines is 1. The van der Waals surface area contributed by atoms with E-state index in [1.807, 2.05) is 13.8 Å². The fourth-order valence-corrected chi connectivity index (χ4v) is 5.78. The molecule has 0 fully saturated rings. The van der Waals surface area contributed by atoms with Crippen molar-refractivity contribution in [1.29, 1.82) is 0 Å². The Morgan fingerprint density at radius 1 is 1.27 bits per heavy atom. The van der Waals surface area contributed by atoms with Crippen molar-refractivity contribution in [3.63, 3.8) is 0 Å². The average molecular weight is 471 g/mol. The smallest absolute Gasteiger partial charge is 0.413 e. The number of benzene rings is 1. The molecule has 162 valence electrons. The number of ether oxygens (including phenoxy) is 1. The number of nitrogens with zero attached hydrogens (tertiary/aromatic N) is 4. The Hall–Kier alpha value is -2.22. The molecular weight excluding hydrogens is 448 g/mol. The number of hydrogen-bond acceptors (Lipinski definition) is 9. The molecule has 0 aliphatic rings. The van der Waals surface area contributed by atoms with Gasteiger partial charge in [0.1, 0.15) is 5.82 Å². The summed E-state index contributed by atoms with van der Waals surface area (Å²) < 4.78 is 32.3. The molecule has 30 heavy (non-hydrogen) atoms. The van der Waals surface area contributed by atoms with Gasteiger partial charge in [-0.25, -0.2) is 18.2 Å². The molecule has 0 unspecified atom stereocenters. The molecule has 13 heteroatoms. The molecule has 2 N–H and O–H groups in total. The van der Waals surface area contributed by atoms with E-state index in [1.165, 1.54) is 27.4 Å². The van der Waals surface area contributed by atoms with Crippen molar-refractivity contribution >= 4 is 55.4 Å². The first-order valence-electron chi connectivity index (χ1n) is 9.26. The molecule has 0 spiro atoms. The van der Waals surface area contributed by atoms with Crippen LogP contribution in [0.15, 0.2) is 27.4 Å². The van der Waals surface area contributed by atoms with Crippen LogP contribution >= 0.6 is 23.1 Å². The molecule has 3 aromatic rings. The summed E-state index contributed by atoms with van der Waals surface area (Å²) in [4.78, 5) is 19.3. The topological polar surface area (TPSA) is 130 Å². The number of anilines is 1. The van der Waals surface area contributed by atoms with Gasteiger partial charge < -0.3 is 9.72 Å². The second kappa shape index (κ2) is 9.73. The van der Waals surface area contributed by atoms with Crippen LogP contribution in [0, 0.1) is 0 Å². The first kappa shape index (κ1) is 22.5. The number of aromatic nitrogens is 4. The zero-order valence-electron chi connectivity index (χ0n) is 16.7. The summed E-state index contributed by atoms with van der Waals surface area (Å²) in [6, 6.07) is 4.88. The maximum Gasteiger partial charge on any atom is 0.413 e. The third-order valence-electron chi connectivity index (χ3n) is 4.07.